The second-order valence-electron chi connectivity index (χ2n) is 7.41. The molecule has 0 aliphatic rings. The van der Waals surface area contributed by atoms with Gasteiger partial charge in [-0.2, -0.15) is 8.42 Å². The number of hydrogen-bond acceptors (Lipinski definition) is 6. The van der Waals surface area contributed by atoms with E-state index in [-0.39, 0.29) is 26.5 Å². The Kier molecular flexibility index (Phi) is 6.72. The van der Waals surface area contributed by atoms with Gasteiger partial charge in [0, 0.05) is 22.2 Å². The van der Waals surface area contributed by atoms with Crippen LogP contribution >= 0.6 is 11.6 Å². The Morgan fingerprint density at radius 3 is 2.41 bits per heavy atom. The third kappa shape index (κ3) is 5.79. The topological polar surface area (TPSA) is 123 Å². The lowest BCUT2D eigenvalue weighted by molar-refractivity contribution is 0.484. The number of benzene rings is 3. The molecule has 0 spiro atoms. The molecule has 0 amide bonds. The van der Waals surface area contributed by atoms with Crippen LogP contribution in [0.4, 0.5) is 11.4 Å². The molecule has 12 heteroatoms. The quantitative estimate of drug-likeness (QED) is 0.339. The standard InChI is InChI=1S/C22H19ClN2O6S3/c1-33(27,28)24-18-7-4-5-15(11-18)14-32(26)21-10-9-17(23)13-19(21)25-34(29,30)22-12-16-6-2-3-8-20(16)31-22/h2-13,24-25H,14H2,1H3. The Hall–Kier alpha value is -2.86. The van der Waals surface area contributed by atoms with Crippen molar-refractivity contribution in [2.45, 2.75) is 15.7 Å². The number of hydrogen-bond donors (Lipinski definition) is 2. The molecule has 4 aromatic rings. The first-order valence-electron chi connectivity index (χ1n) is 9.76. The molecule has 0 saturated heterocycles. The van der Waals surface area contributed by atoms with E-state index in [1.54, 1.807) is 48.5 Å². The van der Waals surface area contributed by atoms with Gasteiger partial charge in [0.15, 0.2) is 0 Å². The van der Waals surface area contributed by atoms with Gasteiger partial charge in [-0.1, -0.05) is 41.9 Å². The highest BCUT2D eigenvalue weighted by Crippen LogP contribution is 2.30. The molecule has 1 unspecified atom stereocenters. The fraction of sp³-hybridized carbons (Fsp3) is 0.0909. The van der Waals surface area contributed by atoms with Crippen molar-refractivity contribution < 1.29 is 25.5 Å². The lowest BCUT2D eigenvalue weighted by atomic mass is 10.2. The number of fused-ring (bicyclic) bond motifs is 1. The molecular weight excluding hydrogens is 520 g/mol. The van der Waals surface area contributed by atoms with Crippen molar-refractivity contribution in [3.8, 4) is 0 Å². The molecule has 1 atom stereocenters. The van der Waals surface area contributed by atoms with Gasteiger partial charge in [0.25, 0.3) is 10.0 Å². The third-order valence-electron chi connectivity index (χ3n) is 4.63. The molecule has 0 fully saturated rings. The molecule has 1 aromatic heterocycles. The van der Waals surface area contributed by atoms with Crippen molar-refractivity contribution >= 4 is 64.8 Å². The summed E-state index contributed by atoms with van der Waals surface area (Å²) in [7, 11) is -9.29. The summed E-state index contributed by atoms with van der Waals surface area (Å²) in [6, 6.07) is 19.1. The van der Waals surface area contributed by atoms with Crippen LogP contribution in [0.5, 0.6) is 0 Å². The molecule has 8 nitrogen and oxygen atoms in total. The van der Waals surface area contributed by atoms with Gasteiger partial charge in [0.2, 0.25) is 15.1 Å². The van der Waals surface area contributed by atoms with Crippen molar-refractivity contribution in [3.63, 3.8) is 0 Å². The second kappa shape index (κ2) is 9.41. The second-order valence-corrected chi connectivity index (χ2v) is 12.6. The fourth-order valence-electron chi connectivity index (χ4n) is 3.23. The van der Waals surface area contributed by atoms with Crippen molar-refractivity contribution in [1.29, 1.82) is 0 Å². The Morgan fingerprint density at radius 1 is 0.912 bits per heavy atom. The summed E-state index contributed by atoms with van der Waals surface area (Å²) in [6.07, 6.45) is 1.03. The Morgan fingerprint density at radius 2 is 1.68 bits per heavy atom. The molecule has 2 N–H and O–H groups in total. The van der Waals surface area contributed by atoms with Crippen LogP contribution in [0.25, 0.3) is 11.0 Å². The maximum absolute atomic E-state index is 13.2. The van der Waals surface area contributed by atoms with Crippen molar-refractivity contribution in [2.75, 3.05) is 15.7 Å². The van der Waals surface area contributed by atoms with Gasteiger partial charge in [-0.25, -0.2) is 8.42 Å². The van der Waals surface area contributed by atoms with E-state index >= 15 is 0 Å². The van der Waals surface area contributed by atoms with Gasteiger partial charge in [-0.05, 0) is 42.0 Å². The molecule has 0 aliphatic heterocycles. The SMILES string of the molecule is CS(=O)(=O)Nc1cccc(CS(=O)c2ccc(Cl)cc2NS(=O)(=O)c2cc3ccccc3o2)c1. The van der Waals surface area contributed by atoms with Crippen molar-refractivity contribution in [3.05, 3.63) is 83.4 Å². The monoisotopic (exact) mass is 538 g/mol. The average Bonchev–Trinajstić information content (AvgIpc) is 3.18. The van der Waals surface area contributed by atoms with E-state index in [1.807, 2.05) is 0 Å². The van der Waals surface area contributed by atoms with Crippen LogP contribution in [0.2, 0.25) is 5.02 Å². The summed E-state index contributed by atoms with van der Waals surface area (Å²) in [4.78, 5) is 0.213. The minimum Gasteiger partial charge on any atom is -0.443 e. The first-order valence-corrected chi connectivity index (χ1v) is 14.8. The number of furan rings is 1. The maximum Gasteiger partial charge on any atom is 0.295 e. The molecule has 0 aliphatic carbocycles. The fourth-order valence-corrected chi connectivity index (χ4v) is 6.28. The highest BCUT2D eigenvalue weighted by Gasteiger charge is 2.23. The highest BCUT2D eigenvalue weighted by molar-refractivity contribution is 7.92. The van der Waals surface area contributed by atoms with Crippen LogP contribution in [-0.4, -0.2) is 27.3 Å². The lowest BCUT2D eigenvalue weighted by Crippen LogP contribution is -2.14. The van der Waals surface area contributed by atoms with Crippen LogP contribution in [-0.2, 0) is 36.6 Å². The average molecular weight is 539 g/mol. The summed E-state index contributed by atoms with van der Waals surface area (Å²) < 4.78 is 72.4. The lowest BCUT2D eigenvalue weighted by Gasteiger charge is -2.12. The zero-order chi connectivity index (χ0) is 24.5. The van der Waals surface area contributed by atoms with E-state index in [1.165, 1.54) is 24.3 Å². The Bertz CT molecular complexity index is 1580. The van der Waals surface area contributed by atoms with E-state index < -0.39 is 30.8 Å². The van der Waals surface area contributed by atoms with E-state index in [2.05, 4.69) is 9.44 Å². The van der Waals surface area contributed by atoms with E-state index in [0.717, 1.165) is 6.26 Å². The van der Waals surface area contributed by atoms with Crippen LogP contribution in [0.3, 0.4) is 0 Å². The molecule has 0 radical (unpaired) electrons. The molecular formula is C22H19ClN2O6S3. The Balaban J connectivity index is 1.62. The number of sulfonamides is 2. The first kappa shape index (κ1) is 24.3. The third-order valence-corrected chi connectivity index (χ3v) is 8.13. The zero-order valence-corrected chi connectivity index (χ0v) is 20.9. The molecule has 1 heterocycles. The van der Waals surface area contributed by atoms with E-state index in [9.17, 15) is 21.0 Å². The predicted molar refractivity (Wildman–Crippen MR) is 133 cm³/mol. The minimum absolute atomic E-state index is 0.0142. The van der Waals surface area contributed by atoms with Crippen LogP contribution < -0.4 is 9.44 Å². The van der Waals surface area contributed by atoms with Crippen LogP contribution in [0.1, 0.15) is 5.56 Å². The number of para-hydroxylation sites is 1. The van der Waals surface area contributed by atoms with Crippen molar-refractivity contribution in [1.82, 2.24) is 0 Å². The zero-order valence-electron chi connectivity index (χ0n) is 17.7. The molecule has 3 aromatic carbocycles. The summed E-state index contributed by atoms with van der Waals surface area (Å²) in [5.74, 6) is 0.0142. The van der Waals surface area contributed by atoms with Gasteiger partial charge < -0.3 is 4.42 Å². The van der Waals surface area contributed by atoms with Crippen LogP contribution in [0, 0.1) is 0 Å². The highest BCUT2D eigenvalue weighted by atomic mass is 35.5. The van der Waals surface area contributed by atoms with Gasteiger partial charge >= 0.3 is 0 Å². The number of anilines is 2. The molecule has 4 rings (SSSR count). The first-order chi connectivity index (χ1) is 16.0. The Labute approximate surface area is 204 Å². The summed E-state index contributed by atoms with van der Waals surface area (Å²) >= 11 is 6.08. The minimum atomic E-state index is -4.13. The largest absolute Gasteiger partial charge is 0.443 e. The van der Waals surface area contributed by atoms with Gasteiger partial charge in [-0.3, -0.25) is 13.7 Å². The van der Waals surface area contributed by atoms with Gasteiger partial charge in [0.1, 0.15) is 5.58 Å². The molecule has 34 heavy (non-hydrogen) atoms. The maximum atomic E-state index is 13.2. The van der Waals surface area contributed by atoms with Gasteiger partial charge in [0.05, 0.1) is 33.4 Å². The van der Waals surface area contributed by atoms with E-state index in [4.69, 9.17) is 16.0 Å². The van der Waals surface area contributed by atoms with Crippen molar-refractivity contribution in [2.24, 2.45) is 0 Å². The number of rotatable bonds is 8. The van der Waals surface area contributed by atoms with Crippen LogP contribution in [0.15, 0.2) is 87.2 Å². The summed E-state index contributed by atoms with van der Waals surface area (Å²) in [6.45, 7) is 0. The molecule has 0 bridgehead atoms. The van der Waals surface area contributed by atoms with Gasteiger partial charge in [-0.15, -0.1) is 0 Å². The summed E-state index contributed by atoms with van der Waals surface area (Å²) in [5.41, 5.74) is 1.39. The van der Waals surface area contributed by atoms with E-state index in [0.29, 0.717) is 22.2 Å². The molecule has 178 valence electrons. The molecule has 0 saturated carbocycles. The normalized spacial score (nSPS) is 13.0. The smallest absolute Gasteiger partial charge is 0.295 e. The predicted octanol–water partition coefficient (Wildman–Crippen LogP) is 4.57. The number of nitrogens with one attached hydrogen (secondary N) is 2. The summed E-state index contributed by atoms with van der Waals surface area (Å²) in [5, 5.41) is 0.590. The number of halogens is 1.